The molecule has 2 aliphatic rings. The summed E-state index contributed by atoms with van der Waals surface area (Å²) in [6.07, 6.45) is 7.63. The lowest BCUT2D eigenvalue weighted by molar-refractivity contribution is 0.233. The average Bonchev–Trinajstić information content (AvgIpc) is 3.24. The highest BCUT2D eigenvalue weighted by Crippen LogP contribution is 2.31. The van der Waals surface area contributed by atoms with Gasteiger partial charge in [-0.05, 0) is 37.0 Å². The van der Waals surface area contributed by atoms with Crippen molar-refractivity contribution in [3.05, 3.63) is 42.9 Å². The van der Waals surface area contributed by atoms with Crippen LogP contribution in [0.2, 0.25) is 0 Å². The number of rotatable bonds is 2. The van der Waals surface area contributed by atoms with Crippen LogP contribution in [0.1, 0.15) is 12.8 Å². The van der Waals surface area contributed by atoms with Gasteiger partial charge in [0.1, 0.15) is 0 Å². The summed E-state index contributed by atoms with van der Waals surface area (Å²) in [5.74, 6) is 0.588. The lowest BCUT2D eigenvalue weighted by atomic mass is 10.0. The number of aromatic nitrogens is 2. The van der Waals surface area contributed by atoms with Crippen LogP contribution in [-0.2, 0) is 0 Å². The van der Waals surface area contributed by atoms with Gasteiger partial charge < -0.3 is 10.6 Å². The number of nitrogens with zero attached hydrogens (tertiary/aromatic N) is 2. The van der Waals surface area contributed by atoms with Gasteiger partial charge in [0.05, 0.1) is 5.69 Å². The van der Waals surface area contributed by atoms with E-state index in [1.807, 2.05) is 30.5 Å². The van der Waals surface area contributed by atoms with Crippen LogP contribution >= 0.6 is 0 Å². The highest BCUT2D eigenvalue weighted by atomic mass is 16.2. The monoisotopic (exact) mass is 282 g/mol. The lowest BCUT2D eigenvalue weighted by Gasteiger charge is -2.23. The highest BCUT2D eigenvalue weighted by Gasteiger charge is 2.40. The molecule has 1 aliphatic carbocycles. The fraction of sp³-hybridized carbons (Fsp3) is 0.375. The van der Waals surface area contributed by atoms with Crippen molar-refractivity contribution in [3.8, 4) is 11.3 Å². The highest BCUT2D eigenvalue weighted by molar-refractivity contribution is 5.79. The third kappa shape index (κ3) is 2.34. The van der Waals surface area contributed by atoms with Crippen LogP contribution in [0.3, 0.4) is 0 Å². The summed E-state index contributed by atoms with van der Waals surface area (Å²) in [7, 11) is 0. The third-order valence-electron chi connectivity index (χ3n) is 4.56. The predicted octanol–water partition coefficient (Wildman–Crippen LogP) is 1.86. The fourth-order valence-corrected chi connectivity index (χ4v) is 3.45. The Kier molecular flexibility index (Phi) is 3.00. The molecule has 0 spiro atoms. The minimum absolute atomic E-state index is 0.0465. The molecule has 3 unspecified atom stereocenters. The second-order valence-corrected chi connectivity index (χ2v) is 5.92. The van der Waals surface area contributed by atoms with Crippen LogP contribution in [0.5, 0.6) is 0 Å². The Morgan fingerprint density at radius 3 is 3.00 bits per heavy atom. The van der Waals surface area contributed by atoms with Crippen LogP contribution in [-0.4, -0.2) is 34.2 Å². The van der Waals surface area contributed by atoms with Crippen molar-refractivity contribution in [2.45, 2.75) is 24.9 Å². The van der Waals surface area contributed by atoms with Gasteiger partial charge in [0.25, 0.3) is 0 Å². The molecule has 0 aromatic carbocycles. The SMILES string of the molecule is O=C(NC1CC2CC1CN2)n1ccc(-c2ccccn2)c1. The number of pyridine rings is 1. The fourth-order valence-electron chi connectivity index (χ4n) is 3.45. The first-order valence-electron chi connectivity index (χ1n) is 7.43. The predicted molar refractivity (Wildman–Crippen MR) is 79.9 cm³/mol. The Bertz CT molecular complexity index is 651. The molecule has 2 fully saturated rings. The Balaban J connectivity index is 1.47. The van der Waals surface area contributed by atoms with Gasteiger partial charge in [0.2, 0.25) is 0 Å². The zero-order valence-corrected chi connectivity index (χ0v) is 11.7. The van der Waals surface area contributed by atoms with Gasteiger partial charge in [-0.15, -0.1) is 0 Å². The molecule has 5 heteroatoms. The molecular formula is C16H18N4O. The van der Waals surface area contributed by atoms with E-state index in [4.69, 9.17) is 0 Å². The van der Waals surface area contributed by atoms with E-state index in [0.717, 1.165) is 24.2 Å². The summed E-state index contributed by atoms with van der Waals surface area (Å²) in [5, 5.41) is 6.61. The molecule has 108 valence electrons. The zero-order chi connectivity index (χ0) is 14.2. The second-order valence-electron chi connectivity index (χ2n) is 5.92. The first-order chi connectivity index (χ1) is 10.3. The quantitative estimate of drug-likeness (QED) is 0.884. The number of hydrogen-bond acceptors (Lipinski definition) is 3. The van der Waals surface area contributed by atoms with E-state index in [9.17, 15) is 4.79 Å². The maximum atomic E-state index is 12.3. The Morgan fingerprint density at radius 2 is 2.29 bits per heavy atom. The van der Waals surface area contributed by atoms with E-state index >= 15 is 0 Å². The minimum atomic E-state index is -0.0465. The number of fused-ring (bicyclic) bond motifs is 2. The molecule has 2 N–H and O–H groups in total. The summed E-state index contributed by atoms with van der Waals surface area (Å²) in [5.41, 5.74) is 1.84. The van der Waals surface area contributed by atoms with Gasteiger partial charge in [-0.2, -0.15) is 0 Å². The molecule has 4 rings (SSSR count). The molecule has 3 heterocycles. The van der Waals surface area contributed by atoms with Crippen LogP contribution in [0, 0.1) is 5.92 Å². The number of nitrogens with one attached hydrogen (secondary N) is 2. The van der Waals surface area contributed by atoms with Gasteiger partial charge in [-0.1, -0.05) is 6.07 Å². The smallest absolute Gasteiger partial charge is 0.325 e. The molecule has 21 heavy (non-hydrogen) atoms. The maximum absolute atomic E-state index is 12.3. The topological polar surface area (TPSA) is 59.0 Å². The van der Waals surface area contributed by atoms with Gasteiger partial charge >= 0.3 is 6.03 Å². The van der Waals surface area contributed by atoms with E-state index in [1.165, 1.54) is 6.42 Å². The molecule has 1 amide bonds. The van der Waals surface area contributed by atoms with E-state index in [0.29, 0.717) is 18.0 Å². The third-order valence-corrected chi connectivity index (χ3v) is 4.56. The molecule has 2 aromatic rings. The molecular weight excluding hydrogens is 264 g/mol. The summed E-state index contributed by atoms with van der Waals surface area (Å²) in [6.45, 7) is 1.03. The van der Waals surface area contributed by atoms with Gasteiger partial charge in [-0.25, -0.2) is 4.79 Å². The molecule has 5 nitrogen and oxygen atoms in total. The minimum Gasteiger partial charge on any atom is -0.334 e. The summed E-state index contributed by atoms with van der Waals surface area (Å²) < 4.78 is 1.61. The lowest BCUT2D eigenvalue weighted by Crippen LogP contribution is -2.45. The number of hydrogen-bond donors (Lipinski definition) is 2. The normalized spacial score (nSPS) is 27.0. The van der Waals surface area contributed by atoms with Crippen molar-refractivity contribution in [2.24, 2.45) is 5.92 Å². The van der Waals surface area contributed by atoms with E-state index in [1.54, 1.807) is 17.0 Å². The van der Waals surface area contributed by atoms with Crippen LogP contribution in [0.4, 0.5) is 4.79 Å². The summed E-state index contributed by atoms with van der Waals surface area (Å²) in [4.78, 5) is 16.6. The maximum Gasteiger partial charge on any atom is 0.325 e. The Labute approximate surface area is 123 Å². The molecule has 1 saturated heterocycles. The number of carbonyl (C=O) groups is 1. The number of amides is 1. The standard InChI is InChI=1S/C16H18N4O/c21-16(19-15-8-13-7-12(15)9-18-13)20-6-4-11(10-20)14-3-1-2-5-17-14/h1-6,10,12-13,15,18H,7-9H2,(H,19,21). The van der Waals surface area contributed by atoms with Gasteiger partial charge in [-0.3, -0.25) is 9.55 Å². The van der Waals surface area contributed by atoms with Gasteiger partial charge in [0, 0.05) is 42.8 Å². The van der Waals surface area contributed by atoms with Crippen LogP contribution in [0.25, 0.3) is 11.3 Å². The van der Waals surface area contributed by atoms with Crippen molar-refractivity contribution < 1.29 is 4.79 Å². The Morgan fingerprint density at radius 1 is 1.33 bits per heavy atom. The van der Waals surface area contributed by atoms with Crippen molar-refractivity contribution in [2.75, 3.05) is 6.54 Å². The number of carbonyl (C=O) groups excluding carboxylic acids is 1. The summed E-state index contributed by atoms with van der Waals surface area (Å²) in [6, 6.07) is 8.55. The first-order valence-corrected chi connectivity index (χ1v) is 7.43. The summed E-state index contributed by atoms with van der Waals surface area (Å²) >= 11 is 0. The molecule has 1 saturated carbocycles. The molecule has 3 atom stereocenters. The Hall–Kier alpha value is -2.14. The van der Waals surface area contributed by atoms with Crippen molar-refractivity contribution >= 4 is 6.03 Å². The van der Waals surface area contributed by atoms with Crippen molar-refractivity contribution in [3.63, 3.8) is 0 Å². The van der Waals surface area contributed by atoms with E-state index in [-0.39, 0.29) is 6.03 Å². The molecule has 2 aromatic heterocycles. The number of piperidine rings is 1. The zero-order valence-electron chi connectivity index (χ0n) is 11.7. The van der Waals surface area contributed by atoms with E-state index < -0.39 is 0 Å². The largest absolute Gasteiger partial charge is 0.334 e. The molecule has 2 bridgehead atoms. The van der Waals surface area contributed by atoms with Crippen LogP contribution in [0.15, 0.2) is 42.9 Å². The van der Waals surface area contributed by atoms with Crippen molar-refractivity contribution in [1.29, 1.82) is 0 Å². The molecule has 0 radical (unpaired) electrons. The second kappa shape index (κ2) is 5.00. The van der Waals surface area contributed by atoms with E-state index in [2.05, 4.69) is 15.6 Å². The van der Waals surface area contributed by atoms with Crippen LogP contribution < -0.4 is 10.6 Å². The average molecular weight is 282 g/mol. The molecule has 1 aliphatic heterocycles. The first kappa shape index (κ1) is 12.6. The van der Waals surface area contributed by atoms with Crippen molar-refractivity contribution in [1.82, 2.24) is 20.2 Å². The van der Waals surface area contributed by atoms with Gasteiger partial charge in [0.15, 0.2) is 0 Å².